The fourth-order valence-corrected chi connectivity index (χ4v) is 2.36. The van der Waals surface area contributed by atoms with Gasteiger partial charge in [-0.05, 0) is 13.3 Å². The van der Waals surface area contributed by atoms with E-state index in [0.717, 1.165) is 37.0 Å². The molecule has 0 amide bonds. The Morgan fingerprint density at radius 1 is 1.40 bits per heavy atom. The first-order valence-corrected chi connectivity index (χ1v) is 6.89. The lowest BCUT2D eigenvalue weighted by Gasteiger charge is -2.25. The van der Waals surface area contributed by atoms with Crippen molar-refractivity contribution in [1.29, 1.82) is 0 Å². The first-order chi connectivity index (χ1) is 9.60. The van der Waals surface area contributed by atoms with Gasteiger partial charge in [0.2, 0.25) is 0 Å². The molecule has 2 aromatic heterocycles. The predicted molar refractivity (Wildman–Crippen MR) is 78.3 cm³/mol. The number of hydrogen-bond acceptors (Lipinski definition) is 4. The SMILES string of the molecule is CCCCN(CC)c1c(C(=O)O)cnc2c1cnn2C. The van der Waals surface area contributed by atoms with Gasteiger partial charge >= 0.3 is 5.97 Å². The van der Waals surface area contributed by atoms with Crippen molar-refractivity contribution >= 4 is 22.7 Å². The molecule has 0 radical (unpaired) electrons. The molecule has 0 aliphatic carbocycles. The minimum Gasteiger partial charge on any atom is -0.478 e. The van der Waals surface area contributed by atoms with E-state index in [4.69, 9.17) is 0 Å². The number of aromatic carboxylic acids is 1. The van der Waals surface area contributed by atoms with Crippen molar-refractivity contribution in [2.24, 2.45) is 7.05 Å². The molecular weight excluding hydrogens is 256 g/mol. The van der Waals surface area contributed by atoms with Crippen molar-refractivity contribution in [1.82, 2.24) is 14.8 Å². The summed E-state index contributed by atoms with van der Waals surface area (Å²) in [6.07, 6.45) is 5.21. The van der Waals surface area contributed by atoms with E-state index in [2.05, 4.69) is 21.9 Å². The normalized spacial score (nSPS) is 10.9. The molecule has 0 aliphatic rings. The molecule has 20 heavy (non-hydrogen) atoms. The number of carboxylic acids is 1. The second-order valence-corrected chi connectivity index (χ2v) is 4.76. The molecule has 1 N–H and O–H groups in total. The summed E-state index contributed by atoms with van der Waals surface area (Å²) in [5, 5.41) is 14.4. The summed E-state index contributed by atoms with van der Waals surface area (Å²) in [5.41, 5.74) is 1.68. The zero-order valence-corrected chi connectivity index (χ0v) is 12.1. The Morgan fingerprint density at radius 2 is 2.15 bits per heavy atom. The van der Waals surface area contributed by atoms with E-state index < -0.39 is 5.97 Å². The molecule has 0 atom stereocenters. The van der Waals surface area contributed by atoms with Crippen molar-refractivity contribution in [3.05, 3.63) is 18.0 Å². The third-order valence-corrected chi connectivity index (χ3v) is 3.44. The average Bonchev–Trinajstić information content (AvgIpc) is 2.81. The predicted octanol–water partition coefficient (Wildman–Crippen LogP) is 2.29. The zero-order valence-electron chi connectivity index (χ0n) is 12.1. The highest BCUT2D eigenvalue weighted by Gasteiger charge is 2.20. The lowest BCUT2D eigenvalue weighted by atomic mass is 10.1. The van der Waals surface area contributed by atoms with Crippen LogP contribution in [0.25, 0.3) is 11.0 Å². The van der Waals surface area contributed by atoms with E-state index >= 15 is 0 Å². The lowest BCUT2D eigenvalue weighted by molar-refractivity contribution is 0.0697. The summed E-state index contributed by atoms with van der Waals surface area (Å²) in [4.78, 5) is 17.8. The van der Waals surface area contributed by atoms with Crippen molar-refractivity contribution < 1.29 is 9.90 Å². The Bertz CT molecular complexity index is 621. The van der Waals surface area contributed by atoms with Crippen LogP contribution < -0.4 is 4.90 Å². The summed E-state index contributed by atoms with van der Waals surface area (Å²) in [6, 6.07) is 0. The molecule has 0 aromatic carbocycles. The largest absolute Gasteiger partial charge is 0.478 e. The van der Waals surface area contributed by atoms with Crippen LogP contribution in [0.15, 0.2) is 12.4 Å². The minimum absolute atomic E-state index is 0.239. The first-order valence-electron chi connectivity index (χ1n) is 6.89. The zero-order chi connectivity index (χ0) is 14.7. The fourth-order valence-electron chi connectivity index (χ4n) is 2.36. The van der Waals surface area contributed by atoms with E-state index in [-0.39, 0.29) is 5.56 Å². The molecule has 0 saturated heterocycles. The number of fused-ring (bicyclic) bond motifs is 1. The summed E-state index contributed by atoms with van der Waals surface area (Å²) in [7, 11) is 1.81. The molecule has 0 unspecified atom stereocenters. The van der Waals surface area contributed by atoms with Crippen molar-refractivity contribution in [2.45, 2.75) is 26.7 Å². The summed E-state index contributed by atoms with van der Waals surface area (Å²) < 4.78 is 1.66. The number of aromatic nitrogens is 3. The molecule has 2 rings (SSSR count). The number of unbranched alkanes of at least 4 members (excludes halogenated alkanes) is 1. The first kappa shape index (κ1) is 14.3. The van der Waals surface area contributed by atoms with Gasteiger partial charge in [-0.25, -0.2) is 9.78 Å². The summed E-state index contributed by atoms with van der Waals surface area (Å²) in [6.45, 7) is 5.75. The van der Waals surface area contributed by atoms with Gasteiger partial charge in [0, 0.05) is 26.3 Å². The second kappa shape index (κ2) is 5.90. The standard InChI is InChI=1S/C14H20N4O2/c1-4-6-7-18(5-2)12-10-9-16-17(3)13(10)15-8-11(12)14(19)20/h8-9H,4-7H2,1-3H3,(H,19,20). The van der Waals surface area contributed by atoms with E-state index in [1.165, 1.54) is 6.20 Å². The van der Waals surface area contributed by atoms with E-state index in [9.17, 15) is 9.90 Å². The average molecular weight is 276 g/mol. The van der Waals surface area contributed by atoms with E-state index in [1.54, 1.807) is 10.9 Å². The molecule has 0 saturated carbocycles. The summed E-state index contributed by atoms with van der Waals surface area (Å²) in [5.74, 6) is -0.951. The Kier molecular flexibility index (Phi) is 4.22. The molecule has 0 fully saturated rings. The maximum absolute atomic E-state index is 11.5. The van der Waals surface area contributed by atoms with Gasteiger partial charge in [0.1, 0.15) is 5.56 Å². The third-order valence-electron chi connectivity index (χ3n) is 3.44. The summed E-state index contributed by atoms with van der Waals surface area (Å²) >= 11 is 0. The van der Waals surface area contributed by atoms with Crippen LogP contribution in [0.5, 0.6) is 0 Å². The molecular formula is C14H20N4O2. The molecule has 2 aromatic rings. The minimum atomic E-state index is -0.951. The number of aryl methyl sites for hydroxylation is 1. The van der Waals surface area contributed by atoms with Crippen LogP contribution in [-0.2, 0) is 7.05 Å². The van der Waals surface area contributed by atoms with Gasteiger partial charge in [0.15, 0.2) is 5.65 Å². The lowest BCUT2D eigenvalue weighted by Crippen LogP contribution is -2.26. The van der Waals surface area contributed by atoms with Crippen LogP contribution in [0.3, 0.4) is 0 Å². The van der Waals surface area contributed by atoms with Gasteiger partial charge in [-0.3, -0.25) is 4.68 Å². The van der Waals surface area contributed by atoms with Crippen molar-refractivity contribution in [3.63, 3.8) is 0 Å². The van der Waals surface area contributed by atoms with Crippen LogP contribution in [0.2, 0.25) is 0 Å². The topological polar surface area (TPSA) is 71.2 Å². The highest BCUT2D eigenvalue weighted by atomic mass is 16.4. The Balaban J connectivity index is 2.61. The van der Waals surface area contributed by atoms with Gasteiger partial charge in [-0.1, -0.05) is 13.3 Å². The van der Waals surface area contributed by atoms with Crippen LogP contribution in [0.4, 0.5) is 5.69 Å². The third kappa shape index (κ3) is 2.45. The Morgan fingerprint density at radius 3 is 2.75 bits per heavy atom. The van der Waals surface area contributed by atoms with Crippen LogP contribution >= 0.6 is 0 Å². The Labute approximate surface area is 118 Å². The number of anilines is 1. The van der Waals surface area contributed by atoms with Crippen LogP contribution in [0.1, 0.15) is 37.0 Å². The van der Waals surface area contributed by atoms with Crippen molar-refractivity contribution in [3.8, 4) is 0 Å². The highest BCUT2D eigenvalue weighted by Crippen LogP contribution is 2.29. The number of carbonyl (C=O) groups is 1. The van der Waals surface area contributed by atoms with E-state index in [0.29, 0.717) is 5.65 Å². The number of carboxylic acid groups (broad SMARTS) is 1. The van der Waals surface area contributed by atoms with E-state index in [1.807, 2.05) is 14.0 Å². The maximum Gasteiger partial charge on any atom is 0.339 e. The van der Waals surface area contributed by atoms with Crippen molar-refractivity contribution in [2.75, 3.05) is 18.0 Å². The van der Waals surface area contributed by atoms with Gasteiger partial charge in [0.05, 0.1) is 17.3 Å². The smallest absolute Gasteiger partial charge is 0.339 e. The molecule has 2 heterocycles. The van der Waals surface area contributed by atoms with Gasteiger partial charge in [0.25, 0.3) is 0 Å². The van der Waals surface area contributed by atoms with Crippen LogP contribution in [-0.4, -0.2) is 38.9 Å². The maximum atomic E-state index is 11.5. The molecule has 6 heteroatoms. The molecule has 108 valence electrons. The number of nitrogens with zero attached hydrogens (tertiary/aromatic N) is 4. The molecule has 6 nitrogen and oxygen atoms in total. The molecule has 0 aliphatic heterocycles. The quantitative estimate of drug-likeness (QED) is 0.876. The monoisotopic (exact) mass is 276 g/mol. The molecule has 0 spiro atoms. The van der Waals surface area contributed by atoms with Gasteiger partial charge in [-0.15, -0.1) is 0 Å². The fraction of sp³-hybridized carbons (Fsp3) is 0.500. The second-order valence-electron chi connectivity index (χ2n) is 4.76. The number of rotatable bonds is 6. The number of pyridine rings is 1. The van der Waals surface area contributed by atoms with Gasteiger partial charge in [-0.2, -0.15) is 5.10 Å². The highest BCUT2D eigenvalue weighted by molar-refractivity contribution is 6.03. The van der Waals surface area contributed by atoms with Gasteiger partial charge < -0.3 is 10.0 Å². The Hall–Kier alpha value is -2.11. The number of hydrogen-bond donors (Lipinski definition) is 1. The van der Waals surface area contributed by atoms with Crippen LogP contribution in [0, 0.1) is 0 Å². The molecule has 0 bridgehead atoms.